The van der Waals surface area contributed by atoms with E-state index < -0.39 is 0 Å². The summed E-state index contributed by atoms with van der Waals surface area (Å²) >= 11 is 2.53. The third-order valence-corrected chi connectivity index (χ3v) is 4.87. The average molecular weight is 390 g/mol. The first-order chi connectivity index (χ1) is 12.6. The zero-order valence-electron chi connectivity index (χ0n) is 14.3. The third kappa shape index (κ3) is 5.30. The van der Waals surface area contributed by atoms with Crippen molar-refractivity contribution in [2.75, 3.05) is 11.1 Å². The van der Waals surface area contributed by atoms with Crippen LogP contribution in [-0.4, -0.2) is 26.8 Å². The van der Waals surface area contributed by atoms with E-state index in [-0.39, 0.29) is 18.3 Å². The molecule has 0 unspecified atom stereocenters. The van der Waals surface area contributed by atoms with Crippen LogP contribution < -0.4 is 10.1 Å². The SMILES string of the molecule is CC(C)c1ccc(OCc2nnc(SCC(=O)Nc3nccs3)o2)cc1. The number of hydrogen-bond acceptors (Lipinski definition) is 8. The number of nitrogens with zero attached hydrogens (tertiary/aromatic N) is 3. The lowest BCUT2D eigenvalue weighted by molar-refractivity contribution is -0.113. The number of thioether (sulfide) groups is 1. The molecule has 1 amide bonds. The second kappa shape index (κ2) is 8.81. The Labute approximate surface area is 159 Å². The molecular weight excluding hydrogens is 372 g/mol. The van der Waals surface area contributed by atoms with E-state index in [0.29, 0.717) is 22.2 Å². The summed E-state index contributed by atoms with van der Waals surface area (Å²) in [5.74, 6) is 1.57. The molecule has 0 aliphatic heterocycles. The monoisotopic (exact) mass is 390 g/mol. The molecule has 0 fully saturated rings. The number of benzene rings is 1. The third-order valence-electron chi connectivity index (χ3n) is 3.36. The van der Waals surface area contributed by atoms with Gasteiger partial charge in [0, 0.05) is 11.6 Å². The highest BCUT2D eigenvalue weighted by atomic mass is 32.2. The number of carbonyl (C=O) groups is 1. The standard InChI is InChI=1S/C17H18N4O3S2/c1-11(2)12-3-5-13(6-4-12)23-9-15-20-21-17(24-15)26-10-14(22)19-16-18-7-8-25-16/h3-8,11H,9-10H2,1-2H3,(H,18,19,22). The van der Waals surface area contributed by atoms with Crippen LogP contribution in [0.15, 0.2) is 45.5 Å². The minimum absolute atomic E-state index is 0.165. The number of rotatable bonds is 8. The van der Waals surface area contributed by atoms with E-state index in [4.69, 9.17) is 9.15 Å². The van der Waals surface area contributed by atoms with Crippen LogP contribution in [0.2, 0.25) is 0 Å². The van der Waals surface area contributed by atoms with Crippen molar-refractivity contribution in [3.05, 3.63) is 47.3 Å². The van der Waals surface area contributed by atoms with E-state index >= 15 is 0 Å². The van der Waals surface area contributed by atoms with E-state index in [0.717, 1.165) is 5.75 Å². The number of thiazole rings is 1. The van der Waals surface area contributed by atoms with Crippen LogP contribution in [0.3, 0.4) is 0 Å². The van der Waals surface area contributed by atoms with Gasteiger partial charge in [0.2, 0.25) is 5.91 Å². The second-order valence-electron chi connectivity index (χ2n) is 5.65. The van der Waals surface area contributed by atoms with Crippen molar-refractivity contribution >= 4 is 34.1 Å². The Morgan fingerprint density at radius 1 is 1.31 bits per heavy atom. The average Bonchev–Trinajstić information content (AvgIpc) is 3.30. The van der Waals surface area contributed by atoms with Crippen molar-refractivity contribution in [1.29, 1.82) is 0 Å². The smallest absolute Gasteiger partial charge is 0.277 e. The second-order valence-corrected chi connectivity index (χ2v) is 7.47. The maximum Gasteiger partial charge on any atom is 0.277 e. The Kier molecular flexibility index (Phi) is 6.24. The summed E-state index contributed by atoms with van der Waals surface area (Å²) in [6, 6.07) is 7.92. The fraction of sp³-hybridized carbons (Fsp3) is 0.294. The molecule has 0 radical (unpaired) electrons. The first kappa shape index (κ1) is 18.4. The zero-order valence-corrected chi connectivity index (χ0v) is 16.0. The Bertz CT molecular complexity index is 832. The minimum atomic E-state index is -0.175. The Morgan fingerprint density at radius 2 is 2.12 bits per heavy atom. The van der Waals surface area contributed by atoms with Crippen LogP contribution in [0.25, 0.3) is 0 Å². The first-order valence-corrected chi connectivity index (χ1v) is 9.84. The quantitative estimate of drug-likeness (QED) is 0.582. The number of anilines is 1. The summed E-state index contributed by atoms with van der Waals surface area (Å²) in [4.78, 5) is 15.8. The molecule has 1 aromatic carbocycles. The van der Waals surface area contributed by atoms with Gasteiger partial charge < -0.3 is 14.5 Å². The lowest BCUT2D eigenvalue weighted by atomic mass is 10.0. The van der Waals surface area contributed by atoms with Gasteiger partial charge in [-0.2, -0.15) is 0 Å². The topological polar surface area (TPSA) is 90.1 Å². The number of aromatic nitrogens is 3. The normalized spacial score (nSPS) is 10.9. The van der Waals surface area contributed by atoms with Gasteiger partial charge >= 0.3 is 0 Å². The molecule has 0 saturated carbocycles. The highest BCUT2D eigenvalue weighted by Gasteiger charge is 2.11. The van der Waals surface area contributed by atoms with Gasteiger partial charge in [0.1, 0.15) is 5.75 Å². The number of nitrogens with one attached hydrogen (secondary N) is 1. The predicted molar refractivity (Wildman–Crippen MR) is 101 cm³/mol. The van der Waals surface area contributed by atoms with Crippen LogP contribution in [0, 0.1) is 0 Å². The van der Waals surface area contributed by atoms with Crippen LogP contribution in [-0.2, 0) is 11.4 Å². The lowest BCUT2D eigenvalue weighted by Crippen LogP contribution is -2.13. The summed E-state index contributed by atoms with van der Waals surface area (Å²) in [6.45, 7) is 4.47. The van der Waals surface area contributed by atoms with Gasteiger partial charge in [-0.3, -0.25) is 4.79 Å². The van der Waals surface area contributed by atoms with Crippen molar-refractivity contribution < 1.29 is 13.9 Å². The van der Waals surface area contributed by atoms with Crippen molar-refractivity contribution in [1.82, 2.24) is 15.2 Å². The van der Waals surface area contributed by atoms with Gasteiger partial charge in [-0.1, -0.05) is 37.7 Å². The summed E-state index contributed by atoms with van der Waals surface area (Å²) in [5.41, 5.74) is 1.25. The molecule has 0 spiro atoms. The molecule has 9 heteroatoms. The van der Waals surface area contributed by atoms with Gasteiger partial charge in [0.05, 0.1) is 5.75 Å². The lowest BCUT2D eigenvalue weighted by Gasteiger charge is -2.07. The Balaban J connectivity index is 1.44. The highest BCUT2D eigenvalue weighted by molar-refractivity contribution is 7.99. The van der Waals surface area contributed by atoms with Crippen LogP contribution in [0.1, 0.15) is 31.2 Å². The van der Waals surface area contributed by atoms with Crippen LogP contribution >= 0.6 is 23.1 Å². The van der Waals surface area contributed by atoms with Crippen LogP contribution in [0.4, 0.5) is 5.13 Å². The summed E-state index contributed by atoms with van der Waals surface area (Å²) in [6.07, 6.45) is 1.63. The molecule has 3 aromatic rings. The van der Waals surface area contributed by atoms with Crippen molar-refractivity contribution in [3.8, 4) is 5.75 Å². The summed E-state index contributed by atoms with van der Waals surface area (Å²) < 4.78 is 11.1. The molecule has 2 aromatic heterocycles. The molecule has 0 atom stereocenters. The summed E-state index contributed by atoms with van der Waals surface area (Å²) in [5, 5.41) is 13.2. The van der Waals surface area contributed by atoms with E-state index in [9.17, 15) is 4.79 Å². The Hall–Kier alpha value is -2.39. The maximum absolute atomic E-state index is 11.8. The van der Waals surface area contributed by atoms with Gasteiger partial charge in [0.25, 0.3) is 11.1 Å². The molecule has 1 N–H and O–H groups in total. The van der Waals surface area contributed by atoms with Crippen molar-refractivity contribution in [2.24, 2.45) is 0 Å². The molecule has 3 rings (SSSR count). The summed E-state index contributed by atoms with van der Waals surface area (Å²) in [7, 11) is 0. The fourth-order valence-corrected chi connectivity index (χ4v) is 3.14. The largest absolute Gasteiger partial charge is 0.484 e. The first-order valence-electron chi connectivity index (χ1n) is 7.97. The van der Waals surface area contributed by atoms with E-state index in [1.54, 1.807) is 11.6 Å². The number of ether oxygens (including phenoxy) is 1. The molecule has 0 bridgehead atoms. The van der Waals surface area contributed by atoms with Gasteiger partial charge in [0.15, 0.2) is 11.7 Å². The number of carbonyl (C=O) groups excluding carboxylic acids is 1. The number of hydrogen-bond donors (Lipinski definition) is 1. The molecule has 26 heavy (non-hydrogen) atoms. The maximum atomic E-state index is 11.8. The molecule has 0 aliphatic carbocycles. The van der Waals surface area contributed by atoms with E-state index in [1.807, 2.05) is 24.3 Å². The van der Waals surface area contributed by atoms with Gasteiger partial charge in [-0.05, 0) is 23.6 Å². The van der Waals surface area contributed by atoms with Crippen molar-refractivity contribution in [3.63, 3.8) is 0 Å². The molecule has 0 saturated heterocycles. The molecule has 7 nitrogen and oxygen atoms in total. The van der Waals surface area contributed by atoms with E-state index in [2.05, 4.69) is 34.3 Å². The molecular formula is C17H18N4O3S2. The Morgan fingerprint density at radius 3 is 2.81 bits per heavy atom. The number of amides is 1. The van der Waals surface area contributed by atoms with Crippen molar-refractivity contribution in [2.45, 2.75) is 31.6 Å². The minimum Gasteiger partial charge on any atom is -0.484 e. The predicted octanol–water partition coefficient (Wildman–Crippen LogP) is 3.96. The van der Waals surface area contributed by atoms with Gasteiger partial charge in [-0.15, -0.1) is 21.5 Å². The molecule has 0 aliphatic rings. The molecule has 2 heterocycles. The van der Waals surface area contributed by atoms with Gasteiger partial charge in [-0.25, -0.2) is 4.98 Å². The fourth-order valence-electron chi connectivity index (χ4n) is 2.02. The van der Waals surface area contributed by atoms with Crippen LogP contribution in [0.5, 0.6) is 5.75 Å². The zero-order chi connectivity index (χ0) is 18.4. The highest BCUT2D eigenvalue weighted by Crippen LogP contribution is 2.21. The van der Waals surface area contributed by atoms with E-state index in [1.165, 1.54) is 28.7 Å². The molecule has 136 valence electrons.